The number of benzene rings is 1. The number of hydrogen-bond acceptors (Lipinski definition) is 2. The number of aryl methyl sites for hydroxylation is 1. The van der Waals surface area contributed by atoms with Gasteiger partial charge in [0.05, 0.1) is 5.54 Å². The zero-order valence-electron chi connectivity index (χ0n) is 12.8. The number of pyridine rings is 1. The number of nitrogens with one attached hydrogen (secondary N) is 2. The lowest BCUT2D eigenvalue weighted by Gasteiger charge is -2.36. The zero-order chi connectivity index (χ0) is 15.4. The molecule has 2 amide bonds. The van der Waals surface area contributed by atoms with E-state index in [1.165, 1.54) is 11.1 Å². The van der Waals surface area contributed by atoms with Crippen LogP contribution < -0.4 is 10.6 Å². The number of aromatic nitrogens is 1. The Hall–Kier alpha value is -2.36. The maximum absolute atomic E-state index is 12.3. The number of urea groups is 1. The molecule has 22 heavy (non-hydrogen) atoms. The molecular formula is C18H21N3O. The highest BCUT2D eigenvalue weighted by atomic mass is 16.2. The van der Waals surface area contributed by atoms with Gasteiger partial charge in [-0.05, 0) is 48.9 Å². The third-order valence-corrected chi connectivity index (χ3v) is 4.30. The van der Waals surface area contributed by atoms with Gasteiger partial charge in [-0.1, -0.05) is 30.3 Å². The van der Waals surface area contributed by atoms with Crippen LogP contribution in [0.3, 0.4) is 0 Å². The van der Waals surface area contributed by atoms with E-state index in [1.807, 2.05) is 18.2 Å². The quantitative estimate of drug-likeness (QED) is 0.914. The second-order valence-electron chi connectivity index (χ2n) is 6.01. The van der Waals surface area contributed by atoms with Gasteiger partial charge < -0.3 is 10.6 Å². The Bertz CT molecular complexity index is 656. The summed E-state index contributed by atoms with van der Waals surface area (Å²) in [5, 5.41) is 6.06. The lowest BCUT2D eigenvalue weighted by atomic mass is 9.78. The van der Waals surface area contributed by atoms with Crippen LogP contribution in [0.25, 0.3) is 0 Å². The van der Waals surface area contributed by atoms with Crippen molar-refractivity contribution in [2.75, 3.05) is 0 Å². The summed E-state index contributed by atoms with van der Waals surface area (Å²) >= 11 is 0. The lowest BCUT2D eigenvalue weighted by molar-refractivity contribution is 0.221. The number of hydrogen-bond donors (Lipinski definition) is 2. The lowest BCUT2D eigenvalue weighted by Crippen LogP contribution is -2.49. The van der Waals surface area contributed by atoms with Crippen molar-refractivity contribution in [2.24, 2.45) is 0 Å². The first-order valence-corrected chi connectivity index (χ1v) is 7.71. The van der Waals surface area contributed by atoms with E-state index in [0.29, 0.717) is 6.54 Å². The first-order chi connectivity index (χ1) is 10.7. The molecule has 2 N–H and O–H groups in total. The van der Waals surface area contributed by atoms with Gasteiger partial charge in [0, 0.05) is 18.9 Å². The topological polar surface area (TPSA) is 54.0 Å². The fourth-order valence-corrected chi connectivity index (χ4v) is 3.15. The molecule has 4 heteroatoms. The van der Waals surface area contributed by atoms with Crippen molar-refractivity contribution >= 4 is 6.03 Å². The molecule has 0 saturated carbocycles. The summed E-state index contributed by atoms with van der Waals surface area (Å²) in [6.45, 7) is 2.59. The van der Waals surface area contributed by atoms with Gasteiger partial charge in [0.2, 0.25) is 0 Å². The van der Waals surface area contributed by atoms with E-state index in [9.17, 15) is 4.79 Å². The third-order valence-electron chi connectivity index (χ3n) is 4.30. The van der Waals surface area contributed by atoms with Gasteiger partial charge in [0.15, 0.2) is 0 Å². The predicted octanol–water partition coefficient (Wildman–Crippen LogP) is 3.13. The fourth-order valence-electron chi connectivity index (χ4n) is 3.15. The Kier molecular flexibility index (Phi) is 4.09. The Balaban J connectivity index is 1.66. The molecule has 3 rings (SSSR count). The number of nitrogens with zero attached hydrogens (tertiary/aromatic N) is 1. The summed E-state index contributed by atoms with van der Waals surface area (Å²) in [6, 6.07) is 12.1. The first-order valence-electron chi connectivity index (χ1n) is 7.71. The van der Waals surface area contributed by atoms with E-state index in [1.54, 1.807) is 12.4 Å². The van der Waals surface area contributed by atoms with E-state index < -0.39 is 0 Å². The van der Waals surface area contributed by atoms with Crippen LogP contribution in [0.2, 0.25) is 0 Å². The molecule has 0 bridgehead atoms. The molecule has 114 valence electrons. The number of rotatable bonds is 3. The molecule has 2 aromatic rings. The van der Waals surface area contributed by atoms with Crippen molar-refractivity contribution in [2.45, 2.75) is 38.3 Å². The Morgan fingerprint density at radius 3 is 2.95 bits per heavy atom. The molecule has 4 nitrogen and oxygen atoms in total. The largest absolute Gasteiger partial charge is 0.334 e. The molecular weight excluding hydrogens is 274 g/mol. The maximum Gasteiger partial charge on any atom is 0.315 e. The monoisotopic (exact) mass is 295 g/mol. The summed E-state index contributed by atoms with van der Waals surface area (Å²) in [5.74, 6) is 0. The van der Waals surface area contributed by atoms with E-state index in [2.05, 4.69) is 40.7 Å². The van der Waals surface area contributed by atoms with Crippen LogP contribution >= 0.6 is 0 Å². The molecule has 0 spiro atoms. The van der Waals surface area contributed by atoms with E-state index in [0.717, 1.165) is 24.8 Å². The Morgan fingerprint density at radius 2 is 2.14 bits per heavy atom. The van der Waals surface area contributed by atoms with Crippen LogP contribution in [-0.2, 0) is 18.5 Å². The minimum atomic E-state index is -0.298. The van der Waals surface area contributed by atoms with Crippen LogP contribution in [0, 0.1) is 0 Å². The van der Waals surface area contributed by atoms with Gasteiger partial charge in [-0.15, -0.1) is 0 Å². The zero-order valence-corrected chi connectivity index (χ0v) is 12.8. The molecule has 1 aliphatic rings. The minimum Gasteiger partial charge on any atom is -0.334 e. The number of carbonyl (C=O) groups excluding carboxylic acids is 1. The van der Waals surface area contributed by atoms with Gasteiger partial charge in [0.25, 0.3) is 0 Å². The van der Waals surface area contributed by atoms with Gasteiger partial charge in [0.1, 0.15) is 0 Å². The van der Waals surface area contributed by atoms with Crippen LogP contribution in [0.4, 0.5) is 4.79 Å². The molecule has 0 fully saturated rings. The van der Waals surface area contributed by atoms with Crippen molar-refractivity contribution in [3.8, 4) is 0 Å². The number of amides is 2. The third kappa shape index (κ3) is 3.11. The predicted molar refractivity (Wildman–Crippen MR) is 86.3 cm³/mol. The Morgan fingerprint density at radius 1 is 1.27 bits per heavy atom. The van der Waals surface area contributed by atoms with Crippen LogP contribution in [0.5, 0.6) is 0 Å². The molecule has 1 heterocycles. The van der Waals surface area contributed by atoms with Crippen molar-refractivity contribution < 1.29 is 4.79 Å². The average Bonchev–Trinajstić information content (AvgIpc) is 2.54. The molecule has 1 atom stereocenters. The second-order valence-corrected chi connectivity index (χ2v) is 6.01. The van der Waals surface area contributed by atoms with Crippen LogP contribution in [-0.4, -0.2) is 11.0 Å². The maximum atomic E-state index is 12.3. The van der Waals surface area contributed by atoms with Crippen molar-refractivity contribution in [3.63, 3.8) is 0 Å². The second kappa shape index (κ2) is 6.18. The fraction of sp³-hybridized carbons (Fsp3) is 0.333. The highest BCUT2D eigenvalue weighted by molar-refractivity contribution is 5.75. The van der Waals surface area contributed by atoms with Gasteiger partial charge in [-0.3, -0.25) is 4.98 Å². The summed E-state index contributed by atoms with van der Waals surface area (Å²) in [7, 11) is 0. The smallest absolute Gasteiger partial charge is 0.315 e. The SMILES string of the molecule is C[C@]1(NC(=O)NCc2cccnc2)CCCc2ccccc21. The first kappa shape index (κ1) is 14.6. The molecule has 0 saturated heterocycles. The highest BCUT2D eigenvalue weighted by Crippen LogP contribution is 2.34. The highest BCUT2D eigenvalue weighted by Gasteiger charge is 2.33. The summed E-state index contributed by atoms with van der Waals surface area (Å²) in [4.78, 5) is 16.3. The average molecular weight is 295 g/mol. The van der Waals surface area contributed by atoms with Crippen molar-refractivity contribution in [1.29, 1.82) is 0 Å². The molecule has 1 aromatic heterocycles. The summed E-state index contributed by atoms with van der Waals surface area (Å²) < 4.78 is 0. The standard InChI is InChI=1S/C18H21N3O/c1-18(10-4-8-15-7-2-3-9-16(15)18)21-17(22)20-13-14-6-5-11-19-12-14/h2-3,5-7,9,11-12H,4,8,10,13H2,1H3,(H2,20,21,22)/t18-/m0/s1. The summed E-state index contributed by atoms with van der Waals surface area (Å²) in [6.07, 6.45) is 6.63. The minimum absolute atomic E-state index is 0.136. The molecule has 0 radical (unpaired) electrons. The van der Waals surface area contributed by atoms with Crippen molar-refractivity contribution in [3.05, 3.63) is 65.5 Å². The molecule has 1 aromatic carbocycles. The van der Waals surface area contributed by atoms with E-state index >= 15 is 0 Å². The van der Waals surface area contributed by atoms with Crippen LogP contribution in [0.1, 0.15) is 36.5 Å². The van der Waals surface area contributed by atoms with Gasteiger partial charge in [-0.25, -0.2) is 4.79 Å². The molecule has 1 aliphatic carbocycles. The van der Waals surface area contributed by atoms with Crippen molar-refractivity contribution in [1.82, 2.24) is 15.6 Å². The molecule has 0 aliphatic heterocycles. The van der Waals surface area contributed by atoms with E-state index in [-0.39, 0.29) is 11.6 Å². The summed E-state index contributed by atoms with van der Waals surface area (Å²) in [5.41, 5.74) is 3.27. The van der Waals surface area contributed by atoms with E-state index in [4.69, 9.17) is 0 Å². The Labute approximate surface area is 131 Å². The number of fused-ring (bicyclic) bond motifs is 1. The normalized spacial score (nSPS) is 20.0. The van der Waals surface area contributed by atoms with Gasteiger partial charge >= 0.3 is 6.03 Å². The molecule has 0 unspecified atom stereocenters. The van der Waals surface area contributed by atoms with Crippen LogP contribution in [0.15, 0.2) is 48.8 Å². The number of carbonyl (C=O) groups is 1. The van der Waals surface area contributed by atoms with Gasteiger partial charge in [-0.2, -0.15) is 0 Å².